The van der Waals surface area contributed by atoms with Crippen LogP contribution >= 0.6 is 0 Å². The summed E-state index contributed by atoms with van der Waals surface area (Å²) < 4.78 is 5.62. The fourth-order valence-electron chi connectivity index (χ4n) is 3.35. The zero-order valence-corrected chi connectivity index (χ0v) is 15.3. The van der Waals surface area contributed by atoms with Crippen molar-refractivity contribution in [3.63, 3.8) is 0 Å². The fraction of sp³-hybridized carbons (Fsp3) is 0.409. The molecular formula is C22H28N2O2. The molecule has 2 aromatic carbocycles. The Labute approximate surface area is 156 Å². The van der Waals surface area contributed by atoms with Gasteiger partial charge >= 0.3 is 0 Å². The summed E-state index contributed by atoms with van der Waals surface area (Å²) in [5, 5.41) is 3.02. The van der Waals surface area contributed by atoms with Gasteiger partial charge in [0.25, 0.3) is 0 Å². The summed E-state index contributed by atoms with van der Waals surface area (Å²) in [6, 6.07) is 20.6. The third-order valence-electron chi connectivity index (χ3n) is 4.86. The largest absolute Gasteiger partial charge is 0.375 e. The van der Waals surface area contributed by atoms with Crippen molar-refractivity contribution in [1.82, 2.24) is 10.2 Å². The lowest BCUT2D eigenvalue weighted by Gasteiger charge is -2.31. The van der Waals surface area contributed by atoms with Crippen molar-refractivity contribution < 1.29 is 9.53 Å². The van der Waals surface area contributed by atoms with Crippen LogP contribution in [0.2, 0.25) is 0 Å². The third-order valence-corrected chi connectivity index (χ3v) is 4.86. The third kappa shape index (κ3) is 5.97. The number of benzene rings is 2. The first kappa shape index (κ1) is 18.6. The molecule has 0 atom stereocenters. The number of carbonyl (C=O) groups is 1. The fourth-order valence-corrected chi connectivity index (χ4v) is 3.35. The van der Waals surface area contributed by atoms with Gasteiger partial charge in [0, 0.05) is 19.0 Å². The molecule has 0 aromatic heterocycles. The Morgan fingerprint density at radius 1 is 0.962 bits per heavy atom. The molecule has 0 unspecified atom stereocenters. The summed E-state index contributed by atoms with van der Waals surface area (Å²) in [6.07, 6.45) is 1.87. The van der Waals surface area contributed by atoms with E-state index in [0.717, 1.165) is 38.0 Å². The maximum atomic E-state index is 12.3. The average Bonchev–Trinajstić information content (AvgIpc) is 2.70. The second kappa shape index (κ2) is 10.1. The molecule has 3 rings (SSSR count). The molecule has 0 saturated carbocycles. The molecule has 1 fully saturated rings. The number of ether oxygens (including phenoxy) is 1. The van der Waals surface area contributed by atoms with Crippen LogP contribution in [0.1, 0.15) is 24.0 Å². The summed E-state index contributed by atoms with van der Waals surface area (Å²) in [4.78, 5) is 14.7. The molecule has 0 spiro atoms. The standard InChI is InChI=1S/C22H28N2O2/c25-22(23-13-16-26-18-20-9-5-2-6-10-20)21-11-14-24(15-12-21)17-19-7-3-1-4-8-19/h1-10,21H,11-18H2,(H,23,25). The average molecular weight is 352 g/mol. The molecule has 4 heteroatoms. The molecule has 0 aliphatic carbocycles. The van der Waals surface area contributed by atoms with E-state index in [1.165, 1.54) is 5.56 Å². The summed E-state index contributed by atoms with van der Waals surface area (Å²) in [5.74, 6) is 0.309. The van der Waals surface area contributed by atoms with Crippen molar-refractivity contribution in [2.24, 2.45) is 5.92 Å². The minimum atomic E-state index is 0.135. The Bertz CT molecular complexity index is 652. The van der Waals surface area contributed by atoms with Gasteiger partial charge in [0.1, 0.15) is 0 Å². The lowest BCUT2D eigenvalue weighted by atomic mass is 9.95. The minimum absolute atomic E-state index is 0.135. The van der Waals surface area contributed by atoms with E-state index in [-0.39, 0.29) is 11.8 Å². The van der Waals surface area contributed by atoms with E-state index in [1.54, 1.807) is 0 Å². The molecule has 1 N–H and O–H groups in total. The first-order chi connectivity index (χ1) is 12.8. The van der Waals surface area contributed by atoms with Crippen molar-refractivity contribution in [2.75, 3.05) is 26.2 Å². The van der Waals surface area contributed by atoms with E-state index in [2.05, 4.69) is 34.5 Å². The van der Waals surface area contributed by atoms with Gasteiger partial charge in [-0.25, -0.2) is 0 Å². The van der Waals surface area contributed by atoms with Gasteiger partial charge in [-0.3, -0.25) is 9.69 Å². The minimum Gasteiger partial charge on any atom is -0.375 e. The first-order valence-corrected chi connectivity index (χ1v) is 9.47. The highest BCUT2D eigenvalue weighted by atomic mass is 16.5. The number of nitrogens with zero attached hydrogens (tertiary/aromatic N) is 1. The predicted octanol–water partition coefficient (Wildman–Crippen LogP) is 3.23. The van der Waals surface area contributed by atoms with Gasteiger partial charge in [0.15, 0.2) is 0 Å². The molecule has 26 heavy (non-hydrogen) atoms. The van der Waals surface area contributed by atoms with Crippen molar-refractivity contribution >= 4 is 5.91 Å². The molecule has 2 aromatic rings. The summed E-state index contributed by atoms with van der Waals surface area (Å²) in [5.41, 5.74) is 2.50. The number of hydrogen-bond acceptors (Lipinski definition) is 3. The molecular weight excluding hydrogens is 324 g/mol. The molecule has 0 bridgehead atoms. The summed E-state index contributed by atoms with van der Waals surface area (Å²) in [7, 11) is 0. The van der Waals surface area contributed by atoms with Gasteiger partial charge in [-0.2, -0.15) is 0 Å². The summed E-state index contributed by atoms with van der Waals surface area (Å²) in [6.45, 7) is 4.66. The van der Waals surface area contributed by atoms with Crippen LogP contribution in [0.4, 0.5) is 0 Å². The van der Waals surface area contributed by atoms with Gasteiger partial charge in [-0.1, -0.05) is 60.7 Å². The number of rotatable bonds is 8. The van der Waals surface area contributed by atoms with Crippen LogP contribution in [0.25, 0.3) is 0 Å². The molecule has 1 saturated heterocycles. The quantitative estimate of drug-likeness (QED) is 0.742. The number of likely N-dealkylation sites (tertiary alicyclic amines) is 1. The maximum Gasteiger partial charge on any atom is 0.223 e. The lowest BCUT2D eigenvalue weighted by Crippen LogP contribution is -2.41. The van der Waals surface area contributed by atoms with E-state index < -0.39 is 0 Å². The predicted molar refractivity (Wildman–Crippen MR) is 104 cm³/mol. The number of amides is 1. The highest BCUT2D eigenvalue weighted by Crippen LogP contribution is 2.19. The monoisotopic (exact) mass is 352 g/mol. The van der Waals surface area contributed by atoms with E-state index in [4.69, 9.17) is 4.74 Å². The van der Waals surface area contributed by atoms with Gasteiger partial charge in [-0.15, -0.1) is 0 Å². The van der Waals surface area contributed by atoms with Gasteiger partial charge in [0.2, 0.25) is 5.91 Å². The van der Waals surface area contributed by atoms with Crippen molar-refractivity contribution in [3.05, 3.63) is 71.8 Å². The van der Waals surface area contributed by atoms with Crippen LogP contribution < -0.4 is 5.32 Å². The van der Waals surface area contributed by atoms with E-state index in [0.29, 0.717) is 19.8 Å². The molecule has 1 amide bonds. The van der Waals surface area contributed by atoms with Gasteiger partial charge in [-0.05, 0) is 37.1 Å². The highest BCUT2D eigenvalue weighted by molar-refractivity contribution is 5.78. The van der Waals surface area contributed by atoms with Crippen molar-refractivity contribution in [2.45, 2.75) is 26.0 Å². The molecule has 1 heterocycles. The number of nitrogens with one attached hydrogen (secondary N) is 1. The smallest absolute Gasteiger partial charge is 0.223 e. The van der Waals surface area contributed by atoms with Crippen molar-refractivity contribution in [3.8, 4) is 0 Å². The SMILES string of the molecule is O=C(NCCOCc1ccccc1)C1CCN(Cc2ccccc2)CC1. The Kier molecular flexibility index (Phi) is 7.23. The van der Waals surface area contributed by atoms with Gasteiger partial charge < -0.3 is 10.1 Å². The molecule has 4 nitrogen and oxygen atoms in total. The lowest BCUT2D eigenvalue weighted by molar-refractivity contribution is -0.126. The number of carbonyl (C=O) groups excluding carboxylic acids is 1. The normalized spacial score (nSPS) is 15.7. The topological polar surface area (TPSA) is 41.6 Å². The summed E-state index contributed by atoms with van der Waals surface area (Å²) >= 11 is 0. The van der Waals surface area contributed by atoms with Crippen LogP contribution in [-0.2, 0) is 22.7 Å². The molecule has 0 radical (unpaired) electrons. The van der Waals surface area contributed by atoms with E-state index in [9.17, 15) is 4.79 Å². The maximum absolute atomic E-state index is 12.3. The Morgan fingerprint density at radius 2 is 1.58 bits per heavy atom. The van der Waals surface area contributed by atoms with Crippen molar-refractivity contribution in [1.29, 1.82) is 0 Å². The van der Waals surface area contributed by atoms with Crippen LogP contribution in [0, 0.1) is 5.92 Å². The van der Waals surface area contributed by atoms with Crippen LogP contribution in [0.5, 0.6) is 0 Å². The second-order valence-electron chi connectivity index (χ2n) is 6.87. The zero-order chi connectivity index (χ0) is 18.0. The first-order valence-electron chi connectivity index (χ1n) is 9.47. The molecule has 1 aliphatic heterocycles. The zero-order valence-electron chi connectivity index (χ0n) is 15.3. The molecule has 138 valence electrons. The van der Waals surface area contributed by atoms with Crippen LogP contribution in [-0.4, -0.2) is 37.0 Å². The van der Waals surface area contributed by atoms with Crippen LogP contribution in [0.15, 0.2) is 60.7 Å². The second-order valence-corrected chi connectivity index (χ2v) is 6.87. The highest BCUT2D eigenvalue weighted by Gasteiger charge is 2.24. The number of piperidine rings is 1. The Hall–Kier alpha value is -2.17. The molecule has 1 aliphatic rings. The Balaban J connectivity index is 1.29. The van der Waals surface area contributed by atoms with Gasteiger partial charge in [0.05, 0.1) is 13.2 Å². The van der Waals surface area contributed by atoms with E-state index >= 15 is 0 Å². The van der Waals surface area contributed by atoms with E-state index in [1.807, 2.05) is 36.4 Å². The Morgan fingerprint density at radius 3 is 2.23 bits per heavy atom. The van der Waals surface area contributed by atoms with Crippen LogP contribution in [0.3, 0.4) is 0 Å². The number of hydrogen-bond donors (Lipinski definition) is 1.